The van der Waals surface area contributed by atoms with Crippen LogP contribution in [0.2, 0.25) is 0 Å². The Morgan fingerprint density at radius 2 is 1.71 bits per heavy atom. The van der Waals surface area contributed by atoms with Crippen molar-refractivity contribution in [1.82, 2.24) is 10.2 Å². The number of nitrogens with zero attached hydrogens (tertiary/aromatic N) is 1. The highest BCUT2D eigenvalue weighted by atomic mass is 16.5. The summed E-state index contributed by atoms with van der Waals surface area (Å²) in [6.45, 7) is 7.98. The fraction of sp³-hybridized carbons (Fsp3) is 1.00. The second-order valence-corrected chi connectivity index (χ2v) is 5.31. The number of nitrogens with one attached hydrogen (secondary N) is 1. The summed E-state index contributed by atoms with van der Waals surface area (Å²) in [5.41, 5.74) is 0. The molecule has 1 atom stereocenters. The molecule has 0 aliphatic heterocycles. The van der Waals surface area contributed by atoms with E-state index in [2.05, 4.69) is 17.1 Å². The molecule has 0 fully saturated rings. The van der Waals surface area contributed by atoms with Crippen LogP contribution in [0.3, 0.4) is 0 Å². The van der Waals surface area contributed by atoms with Crippen LogP contribution >= 0.6 is 0 Å². The molecule has 0 bridgehead atoms. The molecule has 21 heavy (non-hydrogen) atoms. The van der Waals surface area contributed by atoms with Gasteiger partial charge in [0.25, 0.3) is 0 Å². The molecular formula is C15H34N2O4. The van der Waals surface area contributed by atoms with E-state index in [9.17, 15) is 5.11 Å². The molecule has 128 valence electrons. The molecule has 6 nitrogen and oxygen atoms in total. The molecule has 0 saturated heterocycles. The lowest BCUT2D eigenvalue weighted by Crippen LogP contribution is -2.33. The topological polar surface area (TPSA) is 63.2 Å². The smallest absolute Gasteiger partial charge is 0.0897 e. The number of rotatable bonds is 16. The Kier molecular flexibility index (Phi) is 16.0. The standard InChI is InChI=1S/C15H34N2O4/c1-4-5-8-19-11-12-21-14-15(18)13-16-6-9-20-10-7-17(2)3/h15-16,18H,4-14H2,1-3H3. The van der Waals surface area contributed by atoms with E-state index >= 15 is 0 Å². The maximum absolute atomic E-state index is 9.69. The van der Waals surface area contributed by atoms with Gasteiger partial charge in [0, 0.05) is 26.2 Å². The quantitative estimate of drug-likeness (QED) is 0.401. The minimum Gasteiger partial charge on any atom is -0.389 e. The second-order valence-electron chi connectivity index (χ2n) is 5.31. The first kappa shape index (κ1) is 20.8. The lowest BCUT2D eigenvalue weighted by Gasteiger charge is -2.13. The third-order valence-electron chi connectivity index (χ3n) is 2.81. The Hall–Kier alpha value is -0.240. The molecule has 0 radical (unpaired) electrons. The highest BCUT2D eigenvalue weighted by molar-refractivity contribution is 4.58. The van der Waals surface area contributed by atoms with Gasteiger partial charge in [-0.25, -0.2) is 0 Å². The third-order valence-corrected chi connectivity index (χ3v) is 2.81. The molecule has 1 unspecified atom stereocenters. The maximum Gasteiger partial charge on any atom is 0.0897 e. The maximum atomic E-state index is 9.69. The Morgan fingerprint density at radius 3 is 2.43 bits per heavy atom. The lowest BCUT2D eigenvalue weighted by molar-refractivity contribution is 0.00340. The van der Waals surface area contributed by atoms with Crippen LogP contribution in [0.4, 0.5) is 0 Å². The molecule has 2 N–H and O–H groups in total. The molecule has 0 aromatic rings. The van der Waals surface area contributed by atoms with E-state index in [0.29, 0.717) is 33.0 Å². The zero-order chi connectivity index (χ0) is 15.8. The summed E-state index contributed by atoms with van der Waals surface area (Å²) in [5.74, 6) is 0. The minimum atomic E-state index is -0.484. The van der Waals surface area contributed by atoms with Gasteiger partial charge in [0.2, 0.25) is 0 Å². The monoisotopic (exact) mass is 306 g/mol. The van der Waals surface area contributed by atoms with Crippen molar-refractivity contribution < 1.29 is 19.3 Å². The summed E-state index contributed by atoms with van der Waals surface area (Å²) >= 11 is 0. The van der Waals surface area contributed by atoms with Crippen molar-refractivity contribution in [2.24, 2.45) is 0 Å². The van der Waals surface area contributed by atoms with Crippen molar-refractivity contribution in [3.63, 3.8) is 0 Å². The Morgan fingerprint density at radius 1 is 1.00 bits per heavy atom. The zero-order valence-electron chi connectivity index (χ0n) is 14.0. The van der Waals surface area contributed by atoms with Crippen molar-refractivity contribution in [2.75, 3.05) is 73.4 Å². The molecular weight excluding hydrogens is 272 g/mol. The number of hydrogen-bond acceptors (Lipinski definition) is 6. The number of likely N-dealkylation sites (N-methyl/N-ethyl adjacent to an activating group) is 1. The summed E-state index contributed by atoms with van der Waals surface area (Å²) in [4.78, 5) is 2.08. The van der Waals surface area contributed by atoms with E-state index in [0.717, 1.165) is 39.1 Å². The van der Waals surface area contributed by atoms with Gasteiger partial charge in [-0.15, -0.1) is 0 Å². The molecule has 0 aliphatic carbocycles. The van der Waals surface area contributed by atoms with E-state index < -0.39 is 6.10 Å². The van der Waals surface area contributed by atoms with Crippen LogP contribution in [0.25, 0.3) is 0 Å². The summed E-state index contributed by atoms with van der Waals surface area (Å²) < 4.78 is 16.2. The predicted octanol–water partition coefficient (Wildman–Crippen LogP) is 0.348. The molecule has 0 aliphatic rings. The average Bonchev–Trinajstić information content (AvgIpc) is 2.45. The first-order valence-electron chi connectivity index (χ1n) is 7.93. The molecule has 0 heterocycles. The number of aliphatic hydroxyl groups excluding tert-OH is 1. The normalized spacial score (nSPS) is 13.0. The SMILES string of the molecule is CCCCOCCOCC(O)CNCCOCCN(C)C. The van der Waals surface area contributed by atoms with E-state index in [1.165, 1.54) is 0 Å². The van der Waals surface area contributed by atoms with Gasteiger partial charge in [-0.2, -0.15) is 0 Å². The summed E-state index contributed by atoms with van der Waals surface area (Å²) in [7, 11) is 4.04. The molecule has 0 aromatic carbocycles. The average molecular weight is 306 g/mol. The van der Waals surface area contributed by atoms with Crippen LogP contribution in [0.15, 0.2) is 0 Å². The van der Waals surface area contributed by atoms with Crippen LogP contribution in [0.1, 0.15) is 19.8 Å². The van der Waals surface area contributed by atoms with Crippen molar-refractivity contribution in [3.8, 4) is 0 Å². The van der Waals surface area contributed by atoms with Crippen LogP contribution in [-0.4, -0.2) is 89.5 Å². The van der Waals surface area contributed by atoms with E-state index in [1.54, 1.807) is 0 Å². The van der Waals surface area contributed by atoms with Gasteiger partial charge < -0.3 is 29.5 Å². The van der Waals surface area contributed by atoms with Gasteiger partial charge in [-0.1, -0.05) is 13.3 Å². The van der Waals surface area contributed by atoms with Crippen molar-refractivity contribution in [1.29, 1.82) is 0 Å². The van der Waals surface area contributed by atoms with Gasteiger partial charge in [-0.05, 0) is 20.5 Å². The molecule has 6 heteroatoms. The highest BCUT2D eigenvalue weighted by Gasteiger charge is 2.03. The minimum absolute atomic E-state index is 0.339. The number of aliphatic hydroxyl groups is 1. The molecule has 0 spiro atoms. The van der Waals surface area contributed by atoms with Gasteiger partial charge in [0.05, 0.1) is 39.1 Å². The van der Waals surface area contributed by atoms with Crippen LogP contribution in [0, 0.1) is 0 Å². The van der Waals surface area contributed by atoms with Gasteiger partial charge in [0.1, 0.15) is 0 Å². The zero-order valence-corrected chi connectivity index (χ0v) is 14.0. The first-order valence-corrected chi connectivity index (χ1v) is 7.93. The number of ether oxygens (including phenoxy) is 3. The predicted molar refractivity (Wildman–Crippen MR) is 84.8 cm³/mol. The van der Waals surface area contributed by atoms with Crippen molar-refractivity contribution >= 4 is 0 Å². The molecule has 0 amide bonds. The Labute approximate surface area is 129 Å². The lowest BCUT2D eigenvalue weighted by atomic mass is 10.4. The molecule has 0 aromatic heterocycles. The fourth-order valence-corrected chi connectivity index (χ4v) is 1.51. The van der Waals surface area contributed by atoms with Crippen molar-refractivity contribution in [2.45, 2.75) is 25.9 Å². The van der Waals surface area contributed by atoms with Gasteiger partial charge in [0.15, 0.2) is 0 Å². The number of hydrogen-bond donors (Lipinski definition) is 2. The summed E-state index contributed by atoms with van der Waals surface area (Å²) in [5, 5.41) is 12.8. The second kappa shape index (κ2) is 16.1. The van der Waals surface area contributed by atoms with E-state index in [4.69, 9.17) is 14.2 Å². The third kappa shape index (κ3) is 17.7. The number of unbranched alkanes of at least 4 members (excludes halogenated alkanes) is 1. The van der Waals surface area contributed by atoms with Gasteiger partial charge in [-0.3, -0.25) is 0 Å². The van der Waals surface area contributed by atoms with Crippen LogP contribution in [0.5, 0.6) is 0 Å². The van der Waals surface area contributed by atoms with Crippen molar-refractivity contribution in [3.05, 3.63) is 0 Å². The van der Waals surface area contributed by atoms with Crippen LogP contribution in [-0.2, 0) is 14.2 Å². The summed E-state index contributed by atoms with van der Waals surface area (Å²) in [6.07, 6.45) is 1.75. The highest BCUT2D eigenvalue weighted by Crippen LogP contribution is 1.89. The molecule has 0 rings (SSSR count). The largest absolute Gasteiger partial charge is 0.389 e. The Bertz CT molecular complexity index is 206. The summed E-state index contributed by atoms with van der Waals surface area (Å²) in [6, 6.07) is 0. The van der Waals surface area contributed by atoms with Crippen LogP contribution < -0.4 is 5.32 Å². The Balaban J connectivity index is 3.14. The first-order chi connectivity index (χ1) is 10.2. The fourth-order valence-electron chi connectivity index (χ4n) is 1.51. The molecule has 0 saturated carbocycles. The van der Waals surface area contributed by atoms with Gasteiger partial charge >= 0.3 is 0 Å². The van der Waals surface area contributed by atoms with E-state index in [1.807, 2.05) is 14.1 Å². The van der Waals surface area contributed by atoms with E-state index in [-0.39, 0.29) is 0 Å².